The zero-order chi connectivity index (χ0) is 11.4. The van der Waals surface area contributed by atoms with Crippen molar-refractivity contribution in [2.75, 3.05) is 0 Å². The molecule has 0 fully saturated rings. The van der Waals surface area contributed by atoms with Crippen LogP contribution in [-0.4, -0.2) is 11.1 Å². The molecule has 1 N–H and O–H groups in total. The first-order chi connectivity index (χ1) is 7.00. The largest absolute Gasteiger partial charge is 0.481 e. The van der Waals surface area contributed by atoms with Crippen molar-refractivity contribution in [2.45, 2.75) is 26.2 Å². The van der Waals surface area contributed by atoms with Gasteiger partial charge in [-0.25, -0.2) is 0 Å². The Bertz CT molecular complexity index is 380. The van der Waals surface area contributed by atoms with Crippen LogP contribution in [0.2, 0.25) is 0 Å². The molecule has 0 radical (unpaired) electrons. The molecule has 0 aliphatic carbocycles. The molecule has 0 spiro atoms. The predicted octanol–water partition coefficient (Wildman–Crippen LogP) is 2.99. The van der Waals surface area contributed by atoms with Crippen LogP contribution in [0.4, 0.5) is 0 Å². The molecule has 0 amide bonds. The van der Waals surface area contributed by atoms with Crippen molar-refractivity contribution in [1.82, 2.24) is 0 Å². The van der Waals surface area contributed by atoms with E-state index < -0.39 is 11.9 Å². The molecule has 1 aromatic carbocycles. The smallest absolute Gasteiger partial charge is 0.310 e. The fourth-order valence-corrected chi connectivity index (χ4v) is 1.46. The Morgan fingerprint density at radius 3 is 2.73 bits per heavy atom. The van der Waals surface area contributed by atoms with E-state index in [2.05, 4.69) is 6.58 Å². The maximum atomic E-state index is 10.8. The van der Waals surface area contributed by atoms with Gasteiger partial charge >= 0.3 is 5.97 Å². The lowest BCUT2D eigenvalue weighted by Crippen LogP contribution is -2.07. The van der Waals surface area contributed by atoms with E-state index in [-0.39, 0.29) is 0 Å². The van der Waals surface area contributed by atoms with Gasteiger partial charge in [-0.3, -0.25) is 4.79 Å². The molecule has 2 nitrogen and oxygen atoms in total. The second-order valence-electron chi connectivity index (χ2n) is 3.94. The van der Waals surface area contributed by atoms with Crippen LogP contribution in [0, 0.1) is 0 Å². The summed E-state index contributed by atoms with van der Waals surface area (Å²) in [5.74, 6) is -1.24. The Balaban J connectivity index is 2.92. The Hall–Kier alpha value is -1.57. The number of rotatable bonds is 4. The first-order valence-electron chi connectivity index (χ1n) is 4.96. The summed E-state index contributed by atoms with van der Waals surface area (Å²) in [7, 11) is 0. The normalized spacial score (nSPS) is 12.1. The van der Waals surface area contributed by atoms with Crippen LogP contribution in [0.1, 0.15) is 30.9 Å². The number of allylic oxidation sites excluding steroid dienone is 1. The SMILES string of the molecule is C=C(C)Cc1cccc(C(C)C(=O)O)c1. The topological polar surface area (TPSA) is 37.3 Å². The third-order valence-corrected chi connectivity index (χ3v) is 2.33. The summed E-state index contributed by atoms with van der Waals surface area (Å²) >= 11 is 0. The highest BCUT2D eigenvalue weighted by molar-refractivity contribution is 5.75. The van der Waals surface area contributed by atoms with E-state index in [1.807, 2.05) is 31.2 Å². The van der Waals surface area contributed by atoms with Crippen LogP contribution in [0.25, 0.3) is 0 Å². The van der Waals surface area contributed by atoms with Gasteiger partial charge in [0.25, 0.3) is 0 Å². The van der Waals surface area contributed by atoms with Crippen LogP contribution < -0.4 is 0 Å². The highest BCUT2D eigenvalue weighted by Gasteiger charge is 2.13. The van der Waals surface area contributed by atoms with Crippen molar-refractivity contribution < 1.29 is 9.90 Å². The summed E-state index contributed by atoms with van der Waals surface area (Å²) in [4.78, 5) is 10.8. The van der Waals surface area contributed by atoms with Crippen LogP contribution in [-0.2, 0) is 11.2 Å². The molecule has 0 saturated carbocycles. The lowest BCUT2D eigenvalue weighted by molar-refractivity contribution is -0.138. The van der Waals surface area contributed by atoms with E-state index in [9.17, 15) is 4.79 Å². The molecule has 0 aliphatic rings. The lowest BCUT2D eigenvalue weighted by Gasteiger charge is -2.08. The van der Waals surface area contributed by atoms with Crippen LogP contribution >= 0.6 is 0 Å². The van der Waals surface area contributed by atoms with Gasteiger partial charge in [-0.05, 0) is 31.4 Å². The predicted molar refractivity (Wildman–Crippen MR) is 61.0 cm³/mol. The molecule has 0 aliphatic heterocycles. The summed E-state index contributed by atoms with van der Waals surface area (Å²) < 4.78 is 0. The Kier molecular flexibility index (Phi) is 3.67. The second-order valence-corrected chi connectivity index (χ2v) is 3.94. The molecule has 15 heavy (non-hydrogen) atoms. The molecule has 0 saturated heterocycles. The quantitative estimate of drug-likeness (QED) is 0.765. The minimum absolute atomic E-state index is 0.449. The lowest BCUT2D eigenvalue weighted by atomic mass is 9.97. The van der Waals surface area contributed by atoms with Gasteiger partial charge in [0, 0.05) is 0 Å². The van der Waals surface area contributed by atoms with Crippen molar-refractivity contribution in [3.05, 3.63) is 47.5 Å². The minimum Gasteiger partial charge on any atom is -0.481 e. The number of carboxylic acids is 1. The molecule has 1 unspecified atom stereocenters. The number of benzene rings is 1. The van der Waals surface area contributed by atoms with Crippen LogP contribution in [0.5, 0.6) is 0 Å². The zero-order valence-electron chi connectivity index (χ0n) is 9.16. The van der Waals surface area contributed by atoms with E-state index in [0.717, 1.165) is 23.1 Å². The van der Waals surface area contributed by atoms with E-state index in [1.165, 1.54) is 0 Å². The van der Waals surface area contributed by atoms with E-state index >= 15 is 0 Å². The van der Waals surface area contributed by atoms with Gasteiger partial charge in [-0.2, -0.15) is 0 Å². The van der Waals surface area contributed by atoms with Crippen LogP contribution in [0.3, 0.4) is 0 Å². The Morgan fingerprint density at radius 1 is 1.53 bits per heavy atom. The number of hydrogen-bond acceptors (Lipinski definition) is 1. The number of aliphatic carboxylic acids is 1. The molecule has 2 heteroatoms. The van der Waals surface area contributed by atoms with Gasteiger partial charge in [0.2, 0.25) is 0 Å². The first kappa shape index (κ1) is 11.5. The Labute approximate surface area is 90.3 Å². The third-order valence-electron chi connectivity index (χ3n) is 2.33. The second kappa shape index (κ2) is 4.78. The van der Waals surface area contributed by atoms with E-state index in [0.29, 0.717) is 0 Å². The van der Waals surface area contributed by atoms with Crippen molar-refractivity contribution in [1.29, 1.82) is 0 Å². The van der Waals surface area contributed by atoms with E-state index in [1.54, 1.807) is 6.92 Å². The van der Waals surface area contributed by atoms with Gasteiger partial charge in [0.1, 0.15) is 0 Å². The molecule has 80 valence electrons. The van der Waals surface area contributed by atoms with Crippen molar-refractivity contribution in [3.63, 3.8) is 0 Å². The summed E-state index contributed by atoms with van der Waals surface area (Å²) in [6, 6.07) is 7.67. The van der Waals surface area contributed by atoms with Gasteiger partial charge in [0.15, 0.2) is 0 Å². The molecule has 0 heterocycles. The van der Waals surface area contributed by atoms with Gasteiger partial charge in [0.05, 0.1) is 5.92 Å². The molecular weight excluding hydrogens is 188 g/mol. The molecule has 0 aromatic heterocycles. The maximum Gasteiger partial charge on any atom is 0.310 e. The first-order valence-corrected chi connectivity index (χ1v) is 4.96. The summed E-state index contributed by atoms with van der Waals surface area (Å²) in [6.07, 6.45) is 0.806. The van der Waals surface area contributed by atoms with Crippen molar-refractivity contribution in [3.8, 4) is 0 Å². The molecular formula is C13H16O2. The molecule has 1 rings (SSSR count). The number of carbonyl (C=O) groups is 1. The van der Waals surface area contributed by atoms with Crippen molar-refractivity contribution >= 4 is 5.97 Å². The van der Waals surface area contributed by atoms with E-state index in [4.69, 9.17) is 5.11 Å². The highest BCUT2D eigenvalue weighted by Crippen LogP contribution is 2.18. The standard InChI is InChI=1S/C13H16O2/c1-9(2)7-11-5-4-6-12(8-11)10(3)13(14)15/h4-6,8,10H,1,7H2,2-3H3,(H,14,15). The highest BCUT2D eigenvalue weighted by atomic mass is 16.4. The molecule has 1 aromatic rings. The average molecular weight is 204 g/mol. The maximum absolute atomic E-state index is 10.8. The molecule has 1 atom stereocenters. The van der Waals surface area contributed by atoms with Gasteiger partial charge in [-0.1, -0.05) is 36.4 Å². The monoisotopic (exact) mass is 204 g/mol. The van der Waals surface area contributed by atoms with Gasteiger partial charge in [-0.15, -0.1) is 0 Å². The van der Waals surface area contributed by atoms with Crippen molar-refractivity contribution in [2.24, 2.45) is 0 Å². The minimum atomic E-state index is -0.789. The number of hydrogen-bond donors (Lipinski definition) is 1. The molecule has 0 bridgehead atoms. The number of carboxylic acid groups (broad SMARTS) is 1. The summed E-state index contributed by atoms with van der Waals surface area (Å²) in [5, 5.41) is 8.89. The fraction of sp³-hybridized carbons (Fsp3) is 0.308. The zero-order valence-corrected chi connectivity index (χ0v) is 9.16. The van der Waals surface area contributed by atoms with Gasteiger partial charge < -0.3 is 5.11 Å². The summed E-state index contributed by atoms with van der Waals surface area (Å²) in [5.41, 5.74) is 3.05. The average Bonchev–Trinajstić information content (AvgIpc) is 2.16. The Morgan fingerprint density at radius 2 is 2.20 bits per heavy atom. The fourth-order valence-electron chi connectivity index (χ4n) is 1.46. The third kappa shape index (κ3) is 3.24. The van der Waals surface area contributed by atoms with Crippen LogP contribution in [0.15, 0.2) is 36.4 Å². The summed E-state index contributed by atoms with van der Waals surface area (Å²) in [6.45, 7) is 7.51.